The minimum atomic E-state index is -0.227. The van der Waals surface area contributed by atoms with Gasteiger partial charge in [0.15, 0.2) is 0 Å². The van der Waals surface area contributed by atoms with Crippen LogP contribution in [0.5, 0.6) is 0 Å². The van der Waals surface area contributed by atoms with Crippen molar-refractivity contribution in [2.45, 2.75) is 45.8 Å². The molecule has 0 aliphatic carbocycles. The largest absolute Gasteiger partial charge is 0.374 e. The number of ether oxygens (including phenoxy) is 1. The van der Waals surface area contributed by atoms with E-state index in [9.17, 15) is 0 Å². The second kappa shape index (κ2) is 7.01. The summed E-state index contributed by atoms with van der Waals surface area (Å²) in [5.74, 6) is 0. The minimum Gasteiger partial charge on any atom is -0.374 e. The molecule has 2 aromatic rings. The zero-order chi connectivity index (χ0) is 15.3. The number of hydrogen-bond donors (Lipinski definition) is 1. The summed E-state index contributed by atoms with van der Waals surface area (Å²) >= 11 is 0. The number of nitrogens with zero attached hydrogens (tertiary/aromatic N) is 1. The predicted molar refractivity (Wildman–Crippen MR) is 88.5 cm³/mol. The third-order valence-electron chi connectivity index (χ3n) is 4.14. The zero-order valence-electron chi connectivity index (χ0n) is 13.5. The number of likely N-dealkylation sites (N-methyl/N-ethyl adjacent to an activating group) is 1. The Morgan fingerprint density at radius 2 is 2.00 bits per heavy atom. The SMILES string of the molecule is CCNC(c1cnc2ccccc2c1)C(C)(CC)OCC. The first-order valence-electron chi connectivity index (χ1n) is 7.86. The maximum absolute atomic E-state index is 6.07. The van der Waals surface area contributed by atoms with Crippen LogP contribution in [0.1, 0.15) is 45.7 Å². The first-order valence-corrected chi connectivity index (χ1v) is 7.86. The fraction of sp³-hybridized carbons (Fsp3) is 0.500. The topological polar surface area (TPSA) is 34.2 Å². The van der Waals surface area contributed by atoms with Crippen molar-refractivity contribution < 1.29 is 4.74 Å². The van der Waals surface area contributed by atoms with Crippen molar-refractivity contribution in [1.82, 2.24) is 10.3 Å². The summed E-state index contributed by atoms with van der Waals surface area (Å²) in [6.07, 6.45) is 2.92. The number of fused-ring (bicyclic) bond motifs is 1. The molecule has 3 nitrogen and oxygen atoms in total. The molecule has 0 saturated heterocycles. The lowest BCUT2D eigenvalue weighted by Gasteiger charge is -2.37. The molecule has 1 aromatic heterocycles. The first kappa shape index (κ1) is 15.9. The second-order valence-corrected chi connectivity index (χ2v) is 5.55. The van der Waals surface area contributed by atoms with Gasteiger partial charge < -0.3 is 10.1 Å². The highest BCUT2D eigenvalue weighted by Crippen LogP contribution is 2.33. The molecule has 1 aromatic carbocycles. The Kier molecular flexibility index (Phi) is 5.32. The van der Waals surface area contributed by atoms with Gasteiger partial charge >= 0.3 is 0 Å². The zero-order valence-corrected chi connectivity index (χ0v) is 13.5. The van der Waals surface area contributed by atoms with Crippen LogP contribution in [-0.4, -0.2) is 23.7 Å². The molecule has 0 aliphatic heterocycles. The molecule has 1 N–H and O–H groups in total. The Balaban J connectivity index is 2.43. The van der Waals surface area contributed by atoms with Crippen LogP contribution < -0.4 is 5.32 Å². The van der Waals surface area contributed by atoms with Gasteiger partial charge in [0.2, 0.25) is 0 Å². The molecule has 2 atom stereocenters. The molecule has 0 amide bonds. The molecule has 0 saturated carbocycles. The smallest absolute Gasteiger partial charge is 0.0846 e. The fourth-order valence-electron chi connectivity index (χ4n) is 2.86. The van der Waals surface area contributed by atoms with Crippen LogP contribution in [0.2, 0.25) is 0 Å². The van der Waals surface area contributed by atoms with E-state index >= 15 is 0 Å². The first-order chi connectivity index (χ1) is 10.1. The number of pyridine rings is 1. The monoisotopic (exact) mass is 286 g/mol. The van der Waals surface area contributed by atoms with E-state index in [1.165, 1.54) is 10.9 Å². The molecule has 1 heterocycles. The molecule has 2 unspecified atom stereocenters. The molecule has 114 valence electrons. The van der Waals surface area contributed by atoms with Gasteiger partial charge in [0.05, 0.1) is 17.2 Å². The summed E-state index contributed by atoms with van der Waals surface area (Å²) in [5.41, 5.74) is 1.99. The summed E-state index contributed by atoms with van der Waals surface area (Å²) in [6.45, 7) is 10.2. The lowest BCUT2D eigenvalue weighted by atomic mass is 9.87. The van der Waals surface area contributed by atoms with Crippen LogP contribution >= 0.6 is 0 Å². The summed E-state index contributed by atoms with van der Waals surface area (Å²) in [7, 11) is 0. The third kappa shape index (κ3) is 3.42. The van der Waals surface area contributed by atoms with Crippen molar-refractivity contribution in [2.24, 2.45) is 0 Å². The molecular weight excluding hydrogens is 260 g/mol. The van der Waals surface area contributed by atoms with Crippen molar-refractivity contribution in [2.75, 3.05) is 13.2 Å². The minimum absolute atomic E-state index is 0.143. The second-order valence-electron chi connectivity index (χ2n) is 5.55. The van der Waals surface area contributed by atoms with E-state index in [0.29, 0.717) is 6.61 Å². The van der Waals surface area contributed by atoms with Gasteiger partial charge in [-0.15, -0.1) is 0 Å². The summed E-state index contributed by atoms with van der Waals surface area (Å²) < 4.78 is 6.07. The molecule has 0 radical (unpaired) electrons. The van der Waals surface area contributed by atoms with Gasteiger partial charge in [-0.2, -0.15) is 0 Å². The molecule has 3 heteroatoms. The Morgan fingerprint density at radius 1 is 1.24 bits per heavy atom. The number of aromatic nitrogens is 1. The van der Waals surface area contributed by atoms with Crippen LogP contribution in [0.15, 0.2) is 36.5 Å². The maximum atomic E-state index is 6.07. The van der Waals surface area contributed by atoms with E-state index in [-0.39, 0.29) is 11.6 Å². The highest BCUT2D eigenvalue weighted by molar-refractivity contribution is 5.78. The van der Waals surface area contributed by atoms with Gasteiger partial charge in [0.1, 0.15) is 0 Å². The molecule has 0 spiro atoms. The van der Waals surface area contributed by atoms with Gasteiger partial charge in [-0.05, 0) is 44.5 Å². The van der Waals surface area contributed by atoms with Gasteiger partial charge in [-0.3, -0.25) is 4.98 Å². The van der Waals surface area contributed by atoms with Crippen LogP contribution in [-0.2, 0) is 4.74 Å². The van der Waals surface area contributed by atoms with Gasteiger partial charge in [0, 0.05) is 18.2 Å². The lowest BCUT2D eigenvalue weighted by molar-refractivity contribution is -0.0560. The Labute approximate surface area is 127 Å². The van der Waals surface area contributed by atoms with Crippen molar-refractivity contribution in [3.63, 3.8) is 0 Å². The fourth-order valence-corrected chi connectivity index (χ4v) is 2.86. The Hall–Kier alpha value is -1.45. The quantitative estimate of drug-likeness (QED) is 0.832. The predicted octanol–water partition coefficient (Wildman–Crippen LogP) is 4.09. The van der Waals surface area contributed by atoms with Crippen LogP contribution in [0.4, 0.5) is 0 Å². The number of hydrogen-bond acceptors (Lipinski definition) is 3. The molecular formula is C18H26N2O. The van der Waals surface area contributed by atoms with E-state index in [1.54, 1.807) is 0 Å². The number of nitrogens with one attached hydrogen (secondary N) is 1. The highest BCUT2D eigenvalue weighted by atomic mass is 16.5. The summed E-state index contributed by atoms with van der Waals surface area (Å²) in [5, 5.41) is 4.75. The van der Waals surface area contributed by atoms with E-state index in [2.05, 4.69) is 56.2 Å². The molecule has 0 aliphatic rings. The summed E-state index contributed by atoms with van der Waals surface area (Å²) in [4.78, 5) is 4.60. The third-order valence-corrected chi connectivity index (χ3v) is 4.14. The van der Waals surface area contributed by atoms with Gasteiger partial charge in [-0.1, -0.05) is 32.0 Å². The van der Waals surface area contributed by atoms with Crippen LogP contribution in [0.25, 0.3) is 10.9 Å². The van der Waals surface area contributed by atoms with E-state index in [1.807, 2.05) is 18.3 Å². The number of benzene rings is 1. The normalized spacial score (nSPS) is 15.8. The molecule has 0 fully saturated rings. The van der Waals surface area contributed by atoms with Crippen molar-refractivity contribution >= 4 is 10.9 Å². The molecule has 21 heavy (non-hydrogen) atoms. The van der Waals surface area contributed by atoms with Crippen LogP contribution in [0.3, 0.4) is 0 Å². The van der Waals surface area contributed by atoms with Crippen molar-refractivity contribution in [3.05, 3.63) is 42.1 Å². The van der Waals surface area contributed by atoms with E-state index in [0.717, 1.165) is 18.5 Å². The lowest BCUT2D eigenvalue weighted by Crippen LogP contribution is -2.43. The average Bonchev–Trinajstić information content (AvgIpc) is 2.52. The van der Waals surface area contributed by atoms with E-state index in [4.69, 9.17) is 4.74 Å². The van der Waals surface area contributed by atoms with Crippen molar-refractivity contribution in [3.8, 4) is 0 Å². The average molecular weight is 286 g/mol. The number of para-hydroxylation sites is 1. The molecule has 0 bridgehead atoms. The molecule has 2 rings (SSSR count). The van der Waals surface area contributed by atoms with Crippen molar-refractivity contribution in [1.29, 1.82) is 0 Å². The summed E-state index contributed by atoms with van der Waals surface area (Å²) in [6, 6.07) is 10.6. The number of rotatable bonds is 7. The maximum Gasteiger partial charge on any atom is 0.0846 e. The van der Waals surface area contributed by atoms with E-state index < -0.39 is 0 Å². The highest BCUT2D eigenvalue weighted by Gasteiger charge is 2.34. The van der Waals surface area contributed by atoms with Gasteiger partial charge in [-0.25, -0.2) is 0 Å². The standard InChI is InChI=1S/C18H26N2O/c1-5-18(4,21-7-3)17(19-6-2)15-12-14-10-8-9-11-16(14)20-13-15/h8-13,17,19H,5-7H2,1-4H3. The Bertz CT molecular complexity index is 584. The van der Waals surface area contributed by atoms with Gasteiger partial charge in [0.25, 0.3) is 0 Å². The van der Waals surface area contributed by atoms with Crippen LogP contribution in [0, 0.1) is 0 Å². The Morgan fingerprint density at radius 3 is 2.67 bits per heavy atom.